The van der Waals surface area contributed by atoms with E-state index < -0.39 is 23.6 Å². The first-order chi connectivity index (χ1) is 11.9. The minimum absolute atomic E-state index is 0.187. The molecule has 1 N–H and O–H groups in total. The van der Waals surface area contributed by atoms with Gasteiger partial charge in [-0.25, -0.2) is 8.78 Å². The predicted molar refractivity (Wildman–Crippen MR) is 86.7 cm³/mol. The number of carbonyl (C=O) groups excluding carboxylic acids is 1. The van der Waals surface area contributed by atoms with E-state index in [0.29, 0.717) is 11.9 Å². The summed E-state index contributed by atoms with van der Waals surface area (Å²) in [4.78, 5) is 16.4. The standard InChI is InChI=1S/C18H15F2N3O2/c1-10-3-5-12(6-4-10)16-22-18(25-23-16)11(2)21-17(24)14-8-7-13(19)9-15(14)20/h3-9,11H,1-2H3,(H,21,24)/t11-/m0/s1. The summed E-state index contributed by atoms with van der Waals surface area (Å²) < 4.78 is 31.7. The molecule has 0 bridgehead atoms. The largest absolute Gasteiger partial charge is 0.340 e. The SMILES string of the molecule is Cc1ccc(-c2noc([C@H](C)NC(=O)c3ccc(F)cc3F)n2)cc1. The van der Waals surface area contributed by atoms with Crippen LogP contribution in [0.4, 0.5) is 8.78 Å². The Labute approximate surface area is 142 Å². The van der Waals surface area contributed by atoms with Crippen LogP contribution in [0.1, 0.15) is 34.8 Å². The molecule has 0 aliphatic heterocycles. The van der Waals surface area contributed by atoms with Crippen LogP contribution in [-0.2, 0) is 0 Å². The van der Waals surface area contributed by atoms with Crippen molar-refractivity contribution in [2.24, 2.45) is 0 Å². The first-order valence-electron chi connectivity index (χ1n) is 7.60. The molecule has 1 atom stereocenters. The fourth-order valence-electron chi connectivity index (χ4n) is 2.24. The highest BCUT2D eigenvalue weighted by Crippen LogP contribution is 2.19. The van der Waals surface area contributed by atoms with Gasteiger partial charge in [0.1, 0.15) is 17.7 Å². The Morgan fingerprint density at radius 1 is 1.16 bits per heavy atom. The van der Waals surface area contributed by atoms with E-state index in [1.165, 1.54) is 0 Å². The van der Waals surface area contributed by atoms with Crippen molar-refractivity contribution in [2.75, 3.05) is 0 Å². The molecule has 0 radical (unpaired) electrons. The number of aromatic nitrogens is 2. The molecule has 0 saturated heterocycles. The molecule has 0 aliphatic carbocycles. The molecule has 5 nitrogen and oxygen atoms in total. The van der Waals surface area contributed by atoms with Crippen molar-refractivity contribution in [3.8, 4) is 11.4 Å². The van der Waals surface area contributed by atoms with E-state index in [1.54, 1.807) is 6.92 Å². The van der Waals surface area contributed by atoms with Crippen molar-refractivity contribution in [2.45, 2.75) is 19.9 Å². The number of benzene rings is 2. The fourth-order valence-corrected chi connectivity index (χ4v) is 2.24. The first-order valence-corrected chi connectivity index (χ1v) is 7.60. The van der Waals surface area contributed by atoms with Gasteiger partial charge in [-0.05, 0) is 26.0 Å². The van der Waals surface area contributed by atoms with Gasteiger partial charge in [-0.2, -0.15) is 4.98 Å². The molecule has 3 aromatic rings. The van der Waals surface area contributed by atoms with Crippen molar-refractivity contribution >= 4 is 5.91 Å². The van der Waals surface area contributed by atoms with Gasteiger partial charge < -0.3 is 9.84 Å². The number of carbonyl (C=O) groups is 1. The van der Waals surface area contributed by atoms with Gasteiger partial charge in [0, 0.05) is 11.6 Å². The number of hydrogen-bond acceptors (Lipinski definition) is 4. The topological polar surface area (TPSA) is 68.0 Å². The van der Waals surface area contributed by atoms with Gasteiger partial charge in [-0.3, -0.25) is 4.79 Å². The molecular weight excluding hydrogens is 328 g/mol. The minimum atomic E-state index is -0.935. The zero-order valence-corrected chi connectivity index (χ0v) is 13.6. The maximum atomic E-state index is 13.7. The third-order valence-electron chi connectivity index (χ3n) is 3.65. The Balaban J connectivity index is 1.74. The number of hydrogen-bond donors (Lipinski definition) is 1. The summed E-state index contributed by atoms with van der Waals surface area (Å²) in [6.45, 7) is 3.60. The summed E-state index contributed by atoms with van der Waals surface area (Å²) >= 11 is 0. The molecule has 0 unspecified atom stereocenters. The summed E-state index contributed by atoms with van der Waals surface area (Å²) in [5, 5.41) is 6.43. The lowest BCUT2D eigenvalue weighted by Crippen LogP contribution is -2.27. The van der Waals surface area contributed by atoms with Crippen LogP contribution in [0.3, 0.4) is 0 Å². The number of rotatable bonds is 4. The van der Waals surface area contributed by atoms with Crippen LogP contribution in [0.5, 0.6) is 0 Å². The maximum absolute atomic E-state index is 13.7. The Hall–Kier alpha value is -3.09. The second-order valence-corrected chi connectivity index (χ2v) is 5.64. The van der Waals surface area contributed by atoms with Gasteiger partial charge in [0.2, 0.25) is 11.7 Å². The smallest absolute Gasteiger partial charge is 0.254 e. The molecule has 1 aromatic heterocycles. The monoisotopic (exact) mass is 343 g/mol. The van der Waals surface area contributed by atoms with E-state index in [9.17, 15) is 13.6 Å². The molecule has 1 heterocycles. The summed E-state index contributed by atoms with van der Waals surface area (Å²) in [6.07, 6.45) is 0. The average Bonchev–Trinajstić information content (AvgIpc) is 3.05. The van der Waals surface area contributed by atoms with E-state index in [1.807, 2.05) is 31.2 Å². The second kappa shape index (κ2) is 6.80. The van der Waals surface area contributed by atoms with E-state index in [-0.39, 0.29) is 11.5 Å². The lowest BCUT2D eigenvalue weighted by Gasteiger charge is -2.10. The van der Waals surface area contributed by atoms with Gasteiger partial charge in [0.25, 0.3) is 5.91 Å². The minimum Gasteiger partial charge on any atom is -0.340 e. The predicted octanol–water partition coefficient (Wildman–Crippen LogP) is 3.81. The van der Waals surface area contributed by atoms with Crippen LogP contribution >= 0.6 is 0 Å². The highest BCUT2D eigenvalue weighted by Gasteiger charge is 2.20. The third-order valence-corrected chi connectivity index (χ3v) is 3.65. The van der Waals surface area contributed by atoms with Gasteiger partial charge in [0.05, 0.1) is 5.56 Å². The molecule has 0 aliphatic rings. The summed E-state index contributed by atoms with van der Waals surface area (Å²) in [5.41, 5.74) is 1.63. The van der Waals surface area contributed by atoms with Gasteiger partial charge >= 0.3 is 0 Å². The molecule has 128 valence electrons. The molecule has 0 saturated carbocycles. The highest BCUT2D eigenvalue weighted by atomic mass is 19.1. The Morgan fingerprint density at radius 2 is 1.88 bits per heavy atom. The van der Waals surface area contributed by atoms with Crippen LogP contribution in [0.15, 0.2) is 47.0 Å². The summed E-state index contributed by atoms with van der Waals surface area (Å²) in [5.74, 6) is -1.80. The van der Waals surface area contributed by atoms with Gasteiger partial charge in [-0.15, -0.1) is 0 Å². The van der Waals surface area contributed by atoms with E-state index in [4.69, 9.17) is 4.52 Å². The molecule has 0 spiro atoms. The summed E-state index contributed by atoms with van der Waals surface area (Å²) in [7, 11) is 0. The number of aryl methyl sites for hydroxylation is 1. The van der Waals surface area contributed by atoms with Crippen LogP contribution in [0.25, 0.3) is 11.4 Å². The number of amides is 1. The lowest BCUT2D eigenvalue weighted by atomic mass is 10.1. The lowest BCUT2D eigenvalue weighted by molar-refractivity contribution is 0.0928. The quantitative estimate of drug-likeness (QED) is 0.782. The molecule has 1 amide bonds. The van der Waals surface area contributed by atoms with Crippen LogP contribution in [0.2, 0.25) is 0 Å². The molecule has 25 heavy (non-hydrogen) atoms. The molecular formula is C18H15F2N3O2. The first kappa shape index (κ1) is 16.8. The van der Waals surface area contributed by atoms with E-state index in [2.05, 4.69) is 15.5 Å². The normalized spacial score (nSPS) is 12.0. The van der Waals surface area contributed by atoms with Crippen molar-refractivity contribution < 1.29 is 18.1 Å². The number of nitrogens with one attached hydrogen (secondary N) is 1. The zero-order valence-electron chi connectivity index (χ0n) is 13.6. The highest BCUT2D eigenvalue weighted by molar-refractivity contribution is 5.94. The van der Waals surface area contributed by atoms with Crippen LogP contribution in [0, 0.1) is 18.6 Å². The fraction of sp³-hybridized carbons (Fsp3) is 0.167. The third kappa shape index (κ3) is 3.71. The van der Waals surface area contributed by atoms with E-state index >= 15 is 0 Å². The Bertz CT molecular complexity index is 907. The maximum Gasteiger partial charge on any atom is 0.254 e. The molecule has 7 heteroatoms. The average molecular weight is 343 g/mol. The van der Waals surface area contributed by atoms with Crippen LogP contribution in [-0.4, -0.2) is 16.0 Å². The van der Waals surface area contributed by atoms with Crippen molar-refractivity contribution in [1.82, 2.24) is 15.5 Å². The second-order valence-electron chi connectivity index (χ2n) is 5.64. The Morgan fingerprint density at radius 3 is 2.56 bits per heavy atom. The van der Waals surface area contributed by atoms with E-state index in [0.717, 1.165) is 23.3 Å². The summed E-state index contributed by atoms with van der Waals surface area (Å²) in [6, 6.07) is 9.69. The molecule has 2 aromatic carbocycles. The molecule has 0 fully saturated rings. The van der Waals surface area contributed by atoms with Crippen molar-refractivity contribution in [3.05, 3.63) is 71.1 Å². The van der Waals surface area contributed by atoms with Gasteiger partial charge in [-0.1, -0.05) is 35.0 Å². The number of halogens is 2. The van der Waals surface area contributed by atoms with Crippen LogP contribution < -0.4 is 5.32 Å². The zero-order chi connectivity index (χ0) is 18.0. The van der Waals surface area contributed by atoms with Gasteiger partial charge in [0.15, 0.2) is 0 Å². The Kier molecular flexibility index (Phi) is 4.56. The van der Waals surface area contributed by atoms with Crippen molar-refractivity contribution in [3.63, 3.8) is 0 Å². The molecule has 3 rings (SSSR count). The van der Waals surface area contributed by atoms with Crippen molar-refractivity contribution in [1.29, 1.82) is 0 Å². The number of nitrogens with zero attached hydrogens (tertiary/aromatic N) is 2.